The second-order valence-corrected chi connectivity index (χ2v) is 6.42. The van der Waals surface area contributed by atoms with Gasteiger partial charge in [0.1, 0.15) is 11.6 Å². The molecule has 2 heterocycles. The number of benzene rings is 1. The molecule has 0 radical (unpaired) electrons. The molecule has 1 aromatic heterocycles. The number of aromatic nitrogens is 2. The normalized spacial score (nSPS) is 15.7. The first-order valence-corrected chi connectivity index (χ1v) is 7.78. The second-order valence-electron chi connectivity index (χ2n) is 6.42. The van der Waals surface area contributed by atoms with Crippen molar-refractivity contribution < 1.29 is 4.74 Å². The quantitative estimate of drug-likeness (QED) is 0.926. The third kappa shape index (κ3) is 2.78. The number of hydrogen-bond donors (Lipinski definition) is 1. The van der Waals surface area contributed by atoms with Gasteiger partial charge in [0.25, 0.3) is 0 Å². The van der Waals surface area contributed by atoms with Crippen molar-refractivity contribution in [3.05, 3.63) is 52.1 Å². The summed E-state index contributed by atoms with van der Waals surface area (Å²) >= 11 is 0. The molecule has 1 aromatic carbocycles. The van der Waals surface area contributed by atoms with E-state index in [-0.39, 0.29) is 11.1 Å². The highest BCUT2D eigenvalue weighted by Gasteiger charge is 2.30. The largest absolute Gasteiger partial charge is 0.369 e. The molecule has 1 aliphatic rings. The van der Waals surface area contributed by atoms with Crippen LogP contribution in [0.4, 0.5) is 0 Å². The zero-order valence-electron chi connectivity index (χ0n) is 13.7. The third-order valence-electron chi connectivity index (χ3n) is 4.22. The van der Waals surface area contributed by atoms with Gasteiger partial charge in [-0.3, -0.25) is 5.41 Å². The molecule has 0 atom stereocenters. The second kappa shape index (κ2) is 5.64. The van der Waals surface area contributed by atoms with Crippen molar-refractivity contribution >= 4 is 0 Å². The van der Waals surface area contributed by atoms with E-state index in [1.54, 1.807) is 0 Å². The summed E-state index contributed by atoms with van der Waals surface area (Å²) in [6.07, 6.45) is 1.56. The van der Waals surface area contributed by atoms with E-state index in [1.807, 2.05) is 38.1 Å². The number of nitrogens with zero attached hydrogens (tertiary/aromatic N) is 3. The lowest BCUT2D eigenvalue weighted by Gasteiger charge is -2.31. The summed E-state index contributed by atoms with van der Waals surface area (Å²) in [5, 5.41) is 22.5. The third-order valence-corrected chi connectivity index (χ3v) is 4.22. The van der Waals surface area contributed by atoms with Crippen LogP contribution in [0.1, 0.15) is 43.2 Å². The molecule has 0 unspecified atom stereocenters. The predicted molar refractivity (Wildman–Crippen MR) is 86.1 cm³/mol. The highest BCUT2D eigenvalue weighted by atomic mass is 16.5. The zero-order chi connectivity index (χ0) is 16.6. The first kappa shape index (κ1) is 15.4. The summed E-state index contributed by atoms with van der Waals surface area (Å²) in [6, 6.07) is 10.1. The number of fused-ring (bicyclic) bond motifs is 1. The fourth-order valence-corrected chi connectivity index (χ4v) is 2.85. The van der Waals surface area contributed by atoms with Crippen molar-refractivity contribution in [1.29, 1.82) is 10.7 Å². The Labute approximate surface area is 135 Å². The van der Waals surface area contributed by atoms with Gasteiger partial charge < -0.3 is 4.74 Å². The Morgan fingerprint density at radius 3 is 2.65 bits per heavy atom. The number of ether oxygens (including phenoxy) is 1. The highest BCUT2D eigenvalue weighted by molar-refractivity contribution is 5.42. The van der Waals surface area contributed by atoms with Crippen LogP contribution in [0.3, 0.4) is 0 Å². The number of hydrogen-bond acceptors (Lipinski definition) is 4. The smallest absolute Gasteiger partial charge is 0.164 e. The highest BCUT2D eigenvalue weighted by Crippen LogP contribution is 2.27. The predicted octanol–water partition coefficient (Wildman–Crippen LogP) is 2.64. The van der Waals surface area contributed by atoms with Crippen LogP contribution in [-0.2, 0) is 24.2 Å². The molecule has 2 aromatic rings. The van der Waals surface area contributed by atoms with Crippen LogP contribution in [0.2, 0.25) is 0 Å². The lowest BCUT2D eigenvalue weighted by molar-refractivity contribution is -0.0428. The van der Waals surface area contributed by atoms with Crippen LogP contribution in [0.5, 0.6) is 0 Å². The fraction of sp³-hybridized carbons (Fsp3) is 0.389. The van der Waals surface area contributed by atoms with Crippen LogP contribution in [0, 0.1) is 16.7 Å². The van der Waals surface area contributed by atoms with Crippen molar-refractivity contribution in [3.63, 3.8) is 0 Å². The summed E-state index contributed by atoms with van der Waals surface area (Å²) in [4.78, 5) is 0. The van der Waals surface area contributed by atoms with Crippen LogP contribution >= 0.6 is 0 Å². The summed E-state index contributed by atoms with van der Waals surface area (Å²) in [7, 11) is 0. The van der Waals surface area contributed by atoms with E-state index in [4.69, 9.17) is 10.1 Å². The van der Waals surface area contributed by atoms with Gasteiger partial charge in [-0.25, -0.2) is 4.68 Å². The Kier molecular flexibility index (Phi) is 3.78. The standard InChI is InChI=1S/C18H20N4O/c1-4-12-5-7-13(8-6-12)22-17(20)15(10-19)14-9-18(2,3)23-11-16(14)21-22/h5-8,20H,4,9,11H2,1-3H3. The monoisotopic (exact) mass is 308 g/mol. The molecule has 3 rings (SSSR count). The molecule has 0 bridgehead atoms. The minimum Gasteiger partial charge on any atom is -0.369 e. The molecular formula is C18H20N4O. The fourth-order valence-electron chi connectivity index (χ4n) is 2.85. The molecule has 0 spiro atoms. The maximum atomic E-state index is 9.55. The van der Waals surface area contributed by atoms with Crippen molar-refractivity contribution in [3.8, 4) is 11.8 Å². The van der Waals surface area contributed by atoms with Crippen LogP contribution < -0.4 is 5.49 Å². The van der Waals surface area contributed by atoms with E-state index >= 15 is 0 Å². The minimum absolute atomic E-state index is 0.133. The van der Waals surface area contributed by atoms with E-state index in [0.717, 1.165) is 23.4 Å². The van der Waals surface area contributed by atoms with Gasteiger partial charge in [-0.2, -0.15) is 10.4 Å². The number of nitriles is 1. The molecule has 5 heteroatoms. The molecule has 0 saturated heterocycles. The Hall–Kier alpha value is -2.45. The van der Waals surface area contributed by atoms with E-state index in [1.165, 1.54) is 10.2 Å². The Morgan fingerprint density at radius 2 is 2.04 bits per heavy atom. The summed E-state index contributed by atoms with van der Waals surface area (Å²) in [5.41, 5.74) is 3.80. The van der Waals surface area contributed by atoms with E-state index < -0.39 is 0 Å². The molecule has 0 amide bonds. The van der Waals surface area contributed by atoms with Crippen molar-refractivity contribution in [2.45, 2.75) is 45.8 Å². The van der Waals surface area contributed by atoms with Crippen LogP contribution in [0.25, 0.3) is 5.69 Å². The van der Waals surface area contributed by atoms with Gasteiger partial charge in [0.2, 0.25) is 0 Å². The van der Waals surface area contributed by atoms with Gasteiger partial charge in [0, 0.05) is 12.0 Å². The average Bonchev–Trinajstić information content (AvgIpc) is 2.54. The molecule has 0 saturated carbocycles. The van der Waals surface area contributed by atoms with Gasteiger partial charge in [-0.15, -0.1) is 0 Å². The number of nitrogens with one attached hydrogen (secondary N) is 1. The molecular weight excluding hydrogens is 288 g/mol. The van der Waals surface area contributed by atoms with Gasteiger partial charge in [-0.05, 0) is 38.0 Å². The lowest BCUT2D eigenvalue weighted by Crippen LogP contribution is -2.37. The Bertz CT molecular complexity index is 841. The first-order chi connectivity index (χ1) is 10.9. The molecule has 118 valence electrons. The van der Waals surface area contributed by atoms with Crippen LogP contribution in [0.15, 0.2) is 24.3 Å². The number of rotatable bonds is 2. The Balaban J connectivity index is 2.17. The average molecular weight is 308 g/mol. The molecule has 1 aliphatic heterocycles. The molecule has 23 heavy (non-hydrogen) atoms. The van der Waals surface area contributed by atoms with Crippen molar-refractivity contribution in [1.82, 2.24) is 9.78 Å². The van der Waals surface area contributed by atoms with E-state index in [0.29, 0.717) is 18.6 Å². The van der Waals surface area contributed by atoms with Gasteiger partial charge >= 0.3 is 0 Å². The van der Waals surface area contributed by atoms with E-state index in [9.17, 15) is 5.26 Å². The summed E-state index contributed by atoms with van der Waals surface area (Å²) < 4.78 is 7.34. The minimum atomic E-state index is -0.332. The molecule has 1 N–H and O–H groups in total. The number of aryl methyl sites for hydroxylation is 1. The van der Waals surface area contributed by atoms with Gasteiger partial charge in [-0.1, -0.05) is 19.1 Å². The van der Waals surface area contributed by atoms with Crippen LogP contribution in [-0.4, -0.2) is 15.4 Å². The molecule has 0 aliphatic carbocycles. The van der Waals surface area contributed by atoms with Gasteiger partial charge in [0.15, 0.2) is 5.49 Å². The lowest BCUT2D eigenvalue weighted by atomic mass is 9.92. The topological polar surface area (TPSA) is 74.7 Å². The summed E-state index contributed by atoms with van der Waals surface area (Å²) in [5.74, 6) is 0. The molecule has 0 fully saturated rings. The Morgan fingerprint density at radius 1 is 1.35 bits per heavy atom. The SMILES string of the molecule is CCc1ccc(-n2nc3c(c(C#N)c2=N)CC(C)(C)OC3)cc1. The maximum Gasteiger partial charge on any atom is 0.164 e. The van der Waals surface area contributed by atoms with E-state index in [2.05, 4.69) is 18.1 Å². The maximum absolute atomic E-state index is 9.55. The molecule has 5 nitrogen and oxygen atoms in total. The van der Waals surface area contributed by atoms with Crippen molar-refractivity contribution in [2.24, 2.45) is 0 Å². The van der Waals surface area contributed by atoms with Crippen molar-refractivity contribution in [2.75, 3.05) is 0 Å². The van der Waals surface area contributed by atoms with Gasteiger partial charge in [0.05, 0.1) is 23.6 Å². The summed E-state index contributed by atoms with van der Waals surface area (Å²) in [6.45, 7) is 6.45. The zero-order valence-corrected chi connectivity index (χ0v) is 13.7. The first-order valence-electron chi connectivity index (χ1n) is 7.78.